The van der Waals surface area contributed by atoms with E-state index in [1.165, 1.54) is 0 Å². The van der Waals surface area contributed by atoms with Crippen molar-refractivity contribution in [2.75, 3.05) is 23.3 Å². The Morgan fingerprint density at radius 1 is 1.35 bits per heavy atom. The fraction of sp³-hybridized carbons (Fsp3) is 0.529. The Morgan fingerprint density at radius 2 is 2.13 bits per heavy atom. The highest BCUT2D eigenvalue weighted by molar-refractivity contribution is 5.96. The summed E-state index contributed by atoms with van der Waals surface area (Å²) in [4.78, 5) is 25.7. The lowest BCUT2D eigenvalue weighted by Gasteiger charge is -2.27. The van der Waals surface area contributed by atoms with E-state index < -0.39 is 0 Å². The smallest absolute Gasteiger partial charge is 0.227 e. The molecule has 0 aliphatic carbocycles. The number of nitrogens with zero attached hydrogens (tertiary/aromatic N) is 1. The molecule has 2 heterocycles. The van der Waals surface area contributed by atoms with Crippen molar-refractivity contribution in [3.8, 4) is 0 Å². The zero-order chi connectivity index (χ0) is 15.7. The molecule has 5 nitrogen and oxygen atoms in total. The van der Waals surface area contributed by atoms with Gasteiger partial charge in [-0.05, 0) is 56.5 Å². The third kappa shape index (κ3) is 3.85. The average molecular weight is 338 g/mol. The molecule has 1 fully saturated rings. The minimum Gasteiger partial charge on any atom is -0.326 e. The maximum absolute atomic E-state index is 12.4. The van der Waals surface area contributed by atoms with Gasteiger partial charge in [-0.25, -0.2) is 0 Å². The summed E-state index contributed by atoms with van der Waals surface area (Å²) >= 11 is 0. The van der Waals surface area contributed by atoms with Gasteiger partial charge in [-0.3, -0.25) is 9.59 Å². The van der Waals surface area contributed by atoms with Crippen LogP contribution in [0.4, 0.5) is 11.4 Å². The molecule has 2 aliphatic rings. The Balaban J connectivity index is 0.00000192. The lowest BCUT2D eigenvalue weighted by Crippen LogP contribution is -2.40. The van der Waals surface area contributed by atoms with Crippen molar-refractivity contribution >= 4 is 35.6 Å². The molecule has 1 saturated heterocycles. The number of carbonyl (C=O) groups is 2. The molecule has 6 heteroatoms. The van der Waals surface area contributed by atoms with E-state index in [0.29, 0.717) is 6.04 Å². The topological polar surface area (TPSA) is 61.4 Å². The summed E-state index contributed by atoms with van der Waals surface area (Å²) < 4.78 is 0. The standard InChI is InChI=1S/C17H23N3O2.ClH/c1-11-9-14(5-7-18-11)17(22)19-15-3-4-16-13(10-15)6-8-20(16)12(2)21;/h3-4,10-11,14,18H,5-9H2,1-2H3,(H,19,22);1H/t11-,14-;/m0./s1. The first kappa shape index (κ1) is 17.8. The number of amides is 2. The van der Waals surface area contributed by atoms with Gasteiger partial charge >= 0.3 is 0 Å². The zero-order valence-electron chi connectivity index (χ0n) is 13.6. The predicted octanol–water partition coefficient (Wildman–Crippen LogP) is 2.34. The second kappa shape index (κ2) is 7.32. The van der Waals surface area contributed by atoms with Crippen LogP contribution >= 0.6 is 12.4 Å². The summed E-state index contributed by atoms with van der Waals surface area (Å²) in [7, 11) is 0. The van der Waals surface area contributed by atoms with Gasteiger partial charge in [-0.2, -0.15) is 0 Å². The van der Waals surface area contributed by atoms with Crippen LogP contribution in [-0.2, 0) is 16.0 Å². The molecule has 3 rings (SSSR count). The van der Waals surface area contributed by atoms with E-state index in [1.807, 2.05) is 18.2 Å². The van der Waals surface area contributed by atoms with Gasteiger partial charge in [0.2, 0.25) is 11.8 Å². The fourth-order valence-electron chi connectivity index (χ4n) is 3.42. The van der Waals surface area contributed by atoms with Crippen LogP contribution in [-0.4, -0.2) is 30.9 Å². The number of halogens is 1. The highest BCUT2D eigenvalue weighted by Gasteiger charge is 2.26. The molecule has 0 radical (unpaired) electrons. The third-order valence-electron chi connectivity index (χ3n) is 4.62. The highest BCUT2D eigenvalue weighted by Crippen LogP contribution is 2.31. The number of piperidine rings is 1. The minimum atomic E-state index is 0. The largest absolute Gasteiger partial charge is 0.326 e. The lowest BCUT2D eigenvalue weighted by atomic mass is 9.92. The fourth-order valence-corrected chi connectivity index (χ4v) is 3.42. The quantitative estimate of drug-likeness (QED) is 0.870. The number of benzene rings is 1. The Morgan fingerprint density at radius 3 is 2.83 bits per heavy atom. The molecule has 23 heavy (non-hydrogen) atoms. The van der Waals surface area contributed by atoms with Gasteiger partial charge in [0.1, 0.15) is 0 Å². The minimum absolute atomic E-state index is 0. The van der Waals surface area contributed by atoms with Crippen molar-refractivity contribution in [1.29, 1.82) is 0 Å². The van der Waals surface area contributed by atoms with Crippen molar-refractivity contribution in [2.24, 2.45) is 5.92 Å². The van der Waals surface area contributed by atoms with E-state index in [0.717, 1.165) is 49.3 Å². The molecule has 0 spiro atoms. The van der Waals surface area contributed by atoms with Crippen molar-refractivity contribution in [3.05, 3.63) is 23.8 Å². The summed E-state index contributed by atoms with van der Waals surface area (Å²) in [5, 5.41) is 6.40. The summed E-state index contributed by atoms with van der Waals surface area (Å²) in [6.45, 7) is 5.33. The SMILES string of the molecule is CC(=O)N1CCc2cc(NC(=O)[C@H]3CCN[C@@H](C)C3)ccc21.Cl. The van der Waals surface area contributed by atoms with Gasteiger partial charge in [0.25, 0.3) is 0 Å². The Bertz CT molecular complexity index is 606. The molecule has 2 N–H and O–H groups in total. The summed E-state index contributed by atoms with van der Waals surface area (Å²) in [6.07, 6.45) is 2.62. The molecule has 2 amide bonds. The van der Waals surface area contributed by atoms with Crippen LogP contribution in [0.3, 0.4) is 0 Å². The van der Waals surface area contributed by atoms with Gasteiger partial charge in [0.05, 0.1) is 0 Å². The first-order valence-corrected chi connectivity index (χ1v) is 8.00. The first-order chi connectivity index (χ1) is 10.5. The van der Waals surface area contributed by atoms with Crippen LogP contribution < -0.4 is 15.5 Å². The third-order valence-corrected chi connectivity index (χ3v) is 4.62. The van der Waals surface area contributed by atoms with Crippen LogP contribution in [0.25, 0.3) is 0 Å². The van der Waals surface area contributed by atoms with Gasteiger partial charge in [-0.1, -0.05) is 0 Å². The van der Waals surface area contributed by atoms with E-state index in [2.05, 4.69) is 17.6 Å². The Kier molecular flexibility index (Phi) is 5.65. The lowest BCUT2D eigenvalue weighted by molar-refractivity contribution is -0.121. The van der Waals surface area contributed by atoms with E-state index in [1.54, 1.807) is 11.8 Å². The monoisotopic (exact) mass is 337 g/mol. The van der Waals surface area contributed by atoms with Gasteiger partial charge < -0.3 is 15.5 Å². The van der Waals surface area contributed by atoms with E-state index in [9.17, 15) is 9.59 Å². The van der Waals surface area contributed by atoms with Crippen LogP contribution in [0, 0.1) is 5.92 Å². The molecule has 1 aromatic rings. The summed E-state index contributed by atoms with van der Waals surface area (Å²) in [5.74, 6) is 0.257. The molecule has 0 unspecified atom stereocenters. The summed E-state index contributed by atoms with van der Waals surface area (Å²) in [5.41, 5.74) is 2.94. The number of hydrogen-bond acceptors (Lipinski definition) is 3. The molecule has 2 atom stereocenters. The second-order valence-corrected chi connectivity index (χ2v) is 6.33. The van der Waals surface area contributed by atoms with Crippen LogP contribution in [0.2, 0.25) is 0 Å². The van der Waals surface area contributed by atoms with E-state index in [4.69, 9.17) is 0 Å². The first-order valence-electron chi connectivity index (χ1n) is 8.00. The number of rotatable bonds is 2. The second-order valence-electron chi connectivity index (χ2n) is 6.33. The number of nitrogens with one attached hydrogen (secondary N) is 2. The van der Waals surface area contributed by atoms with Crippen molar-refractivity contribution in [1.82, 2.24) is 5.32 Å². The van der Waals surface area contributed by atoms with Gasteiger partial charge in [0.15, 0.2) is 0 Å². The van der Waals surface area contributed by atoms with Gasteiger partial charge in [-0.15, -0.1) is 12.4 Å². The van der Waals surface area contributed by atoms with Crippen molar-refractivity contribution in [3.63, 3.8) is 0 Å². The van der Waals surface area contributed by atoms with E-state index >= 15 is 0 Å². The molecule has 0 bridgehead atoms. The Labute approximate surface area is 143 Å². The molecule has 126 valence electrons. The van der Waals surface area contributed by atoms with Crippen LogP contribution in [0.1, 0.15) is 32.3 Å². The van der Waals surface area contributed by atoms with E-state index in [-0.39, 0.29) is 30.1 Å². The average Bonchev–Trinajstić information content (AvgIpc) is 2.90. The Hall–Kier alpha value is -1.59. The molecular formula is C17H24ClN3O2. The molecule has 2 aliphatic heterocycles. The molecular weight excluding hydrogens is 314 g/mol. The number of anilines is 2. The van der Waals surface area contributed by atoms with Crippen molar-refractivity contribution in [2.45, 2.75) is 39.2 Å². The number of carbonyl (C=O) groups excluding carboxylic acids is 2. The maximum atomic E-state index is 12.4. The van der Waals surface area contributed by atoms with Crippen molar-refractivity contribution < 1.29 is 9.59 Å². The van der Waals surface area contributed by atoms with Crippen LogP contribution in [0.15, 0.2) is 18.2 Å². The van der Waals surface area contributed by atoms with Gasteiger partial charge in [0, 0.05) is 36.8 Å². The van der Waals surface area contributed by atoms with Crippen LogP contribution in [0.5, 0.6) is 0 Å². The normalized spacial score (nSPS) is 23.0. The molecule has 0 saturated carbocycles. The molecule has 0 aromatic heterocycles. The number of hydrogen-bond donors (Lipinski definition) is 2. The highest BCUT2D eigenvalue weighted by atomic mass is 35.5. The summed E-state index contributed by atoms with van der Waals surface area (Å²) in [6, 6.07) is 6.22. The molecule has 1 aromatic carbocycles. The maximum Gasteiger partial charge on any atom is 0.227 e. The number of fused-ring (bicyclic) bond motifs is 1. The predicted molar refractivity (Wildman–Crippen MR) is 94.2 cm³/mol. The zero-order valence-corrected chi connectivity index (χ0v) is 14.4.